The summed E-state index contributed by atoms with van der Waals surface area (Å²) in [7, 11) is 0. The van der Waals surface area contributed by atoms with Crippen molar-refractivity contribution in [2.45, 2.75) is 32.7 Å². The number of fused-ring (bicyclic) bond motifs is 1. The molecular weight excluding hydrogens is 364 g/mol. The molecular formula is C23H26N4O2. The normalized spacial score (nSPS) is 14.7. The summed E-state index contributed by atoms with van der Waals surface area (Å²) < 4.78 is 0. The van der Waals surface area contributed by atoms with Crippen molar-refractivity contribution in [1.82, 2.24) is 5.32 Å². The summed E-state index contributed by atoms with van der Waals surface area (Å²) >= 11 is 0. The molecule has 1 unspecified atom stereocenters. The van der Waals surface area contributed by atoms with Gasteiger partial charge in [0.1, 0.15) is 5.54 Å². The smallest absolute Gasteiger partial charge is 0.258 e. The molecule has 2 aromatic rings. The summed E-state index contributed by atoms with van der Waals surface area (Å²) in [5.41, 5.74) is 2.61. The first-order chi connectivity index (χ1) is 13.8. The van der Waals surface area contributed by atoms with E-state index in [0.29, 0.717) is 12.1 Å². The summed E-state index contributed by atoms with van der Waals surface area (Å²) in [6.45, 7) is 6.24. The van der Waals surface area contributed by atoms with Gasteiger partial charge in [0.05, 0.1) is 12.6 Å². The number of rotatable bonds is 6. The van der Waals surface area contributed by atoms with Crippen LogP contribution in [-0.2, 0) is 11.2 Å². The number of nitrogens with zero attached hydrogens (tertiary/aromatic N) is 2. The third kappa shape index (κ3) is 4.40. The highest BCUT2D eigenvalue weighted by Gasteiger charge is 2.29. The molecule has 0 saturated carbocycles. The third-order valence-electron chi connectivity index (χ3n) is 5.50. The number of nitriles is 1. The van der Waals surface area contributed by atoms with E-state index in [0.717, 1.165) is 17.8 Å². The first-order valence-corrected chi connectivity index (χ1v) is 9.80. The number of para-hydroxylation sites is 1. The Hall–Kier alpha value is -3.33. The van der Waals surface area contributed by atoms with Gasteiger partial charge in [-0.15, -0.1) is 0 Å². The largest absolute Gasteiger partial charge is 0.376 e. The van der Waals surface area contributed by atoms with E-state index in [-0.39, 0.29) is 24.3 Å². The zero-order valence-corrected chi connectivity index (χ0v) is 17.0. The fourth-order valence-electron chi connectivity index (χ4n) is 3.25. The van der Waals surface area contributed by atoms with E-state index in [1.165, 1.54) is 5.56 Å². The molecule has 2 N–H and O–H groups in total. The Bertz CT molecular complexity index is 946. The molecule has 2 aromatic carbocycles. The van der Waals surface area contributed by atoms with E-state index in [1.807, 2.05) is 32.0 Å². The van der Waals surface area contributed by atoms with Gasteiger partial charge in [-0.1, -0.05) is 32.0 Å². The fraction of sp³-hybridized carbons (Fsp3) is 0.348. The summed E-state index contributed by atoms with van der Waals surface area (Å²) in [5, 5.41) is 15.1. The quantitative estimate of drug-likeness (QED) is 0.792. The summed E-state index contributed by atoms with van der Waals surface area (Å²) in [5.74, 6) is -0.282. The third-order valence-corrected chi connectivity index (χ3v) is 5.50. The maximum Gasteiger partial charge on any atom is 0.258 e. The van der Waals surface area contributed by atoms with Crippen molar-refractivity contribution in [3.8, 4) is 6.07 Å². The van der Waals surface area contributed by atoms with Gasteiger partial charge in [0.2, 0.25) is 5.91 Å². The predicted octanol–water partition coefficient (Wildman–Crippen LogP) is 3.36. The van der Waals surface area contributed by atoms with Crippen LogP contribution in [0.5, 0.6) is 0 Å². The van der Waals surface area contributed by atoms with Crippen molar-refractivity contribution in [3.63, 3.8) is 0 Å². The highest BCUT2D eigenvalue weighted by atomic mass is 16.2. The second kappa shape index (κ2) is 8.36. The van der Waals surface area contributed by atoms with Crippen LogP contribution in [-0.4, -0.2) is 30.4 Å². The first-order valence-electron chi connectivity index (χ1n) is 9.80. The van der Waals surface area contributed by atoms with Gasteiger partial charge in [0, 0.05) is 23.5 Å². The average Bonchev–Trinajstić information content (AvgIpc) is 3.16. The van der Waals surface area contributed by atoms with Crippen molar-refractivity contribution >= 4 is 23.2 Å². The molecule has 6 nitrogen and oxygen atoms in total. The molecule has 0 aliphatic carbocycles. The lowest BCUT2D eigenvalue weighted by Gasteiger charge is -2.27. The van der Waals surface area contributed by atoms with Gasteiger partial charge in [-0.2, -0.15) is 5.26 Å². The van der Waals surface area contributed by atoms with Gasteiger partial charge < -0.3 is 15.5 Å². The lowest BCUT2D eigenvalue weighted by Crippen LogP contribution is -2.50. The number of carbonyl (C=O) groups excluding carboxylic acids is 2. The van der Waals surface area contributed by atoms with Crippen molar-refractivity contribution < 1.29 is 9.59 Å². The molecule has 1 aliphatic heterocycles. The fourth-order valence-corrected chi connectivity index (χ4v) is 3.25. The zero-order chi connectivity index (χ0) is 21.0. The van der Waals surface area contributed by atoms with E-state index in [9.17, 15) is 14.9 Å². The number of benzene rings is 2. The SMILES string of the molecule is CC(C)C(C)(C#N)NC(=O)CNc1ccc(C(=O)N2CCc3ccccc32)cc1. The van der Waals surface area contributed by atoms with Crippen LogP contribution in [0.1, 0.15) is 36.7 Å². The molecule has 0 spiro atoms. The molecule has 0 aromatic heterocycles. The topological polar surface area (TPSA) is 85.2 Å². The molecule has 2 amide bonds. The van der Waals surface area contributed by atoms with E-state index in [2.05, 4.69) is 22.8 Å². The van der Waals surface area contributed by atoms with E-state index in [4.69, 9.17) is 0 Å². The second-order valence-electron chi connectivity index (χ2n) is 7.78. The van der Waals surface area contributed by atoms with Gasteiger partial charge >= 0.3 is 0 Å². The average molecular weight is 390 g/mol. The van der Waals surface area contributed by atoms with Crippen molar-refractivity contribution in [2.75, 3.05) is 23.3 Å². The van der Waals surface area contributed by atoms with E-state index >= 15 is 0 Å². The number of hydrogen-bond donors (Lipinski definition) is 2. The highest BCUT2D eigenvalue weighted by molar-refractivity contribution is 6.07. The van der Waals surface area contributed by atoms with Crippen LogP contribution in [0.2, 0.25) is 0 Å². The number of anilines is 2. The summed E-state index contributed by atoms with van der Waals surface area (Å²) in [4.78, 5) is 26.8. The number of amides is 2. The number of carbonyl (C=O) groups is 2. The molecule has 1 atom stereocenters. The maximum atomic E-state index is 12.9. The van der Waals surface area contributed by atoms with Gasteiger partial charge in [0.25, 0.3) is 5.91 Å². The molecule has 0 saturated heterocycles. The van der Waals surface area contributed by atoms with E-state index in [1.54, 1.807) is 36.1 Å². The molecule has 0 fully saturated rings. The molecule has 0 bridgehead atoms. The maximum absolute atomic E-state index is 12.9. The molecule has 6 heteroatoms. The predicted molar refractivity (Wildman–Crippen MR) is 114 cm³/mol. The minimum absolute atomic E-state index is 0.00235. The van der Waals surface area contributed by atoms with Crippen LogP contribution in [0.4, 0.5) is 11.4 Å². The van der Waals surface area contributed by atoms with E-state index < -0.39 is 5.54 Å². The van der Waals surface area contributed by atoms with Crippen molar-refractivity contribution in [1.29, 1.82) is 5.26 Å². The molecule has 150 valence electrons. The summed E-state index contributed by atoms with van der Waals surface area (Å²) in [6.07, 6.45) is 0.870. The Kier molecular flexibility index (Phi) is 5.88. The van der Waals surface area contributed by atoms with Crippen LogP contribution >= 0.6 is 0 Å². The monoisotopic (exact) mass is 390 g/mol. The Balaban J connectivity index is 1.59. The van der Waals surface area contributed by atoms with Crippen LogP contribution in [0.15, 0.2) is 48.5 Å². The highest BCUT2D eigenvalue weighted by Crippen LogP contribution is 2.29. The molecule has 29 heavy (non-hydrogen) atoms. The lowest BCUT2D eigenvalue weighted by molar-refractivity contribution is -0.121. The zero-order valence-electron chi connectivity index (χ0n) is 17.0. The van der Waals surface area contributed by atoms with Gasteiger partial charge in [-0.3, -0.25) is 9.59 Å². The first kappa shape index (κ1) is 20.4. The Morgan fingerprint density at radius 2 is 1.86 bits per heavy atom. The Morgan fingerprint density at radius 3 is 2.52 bits per heavy atom. The van der Waals surface area contributed by atoms with Gasteiger partial charge in [-0.05, 0) is 55.2 Å². The Labute approximate surface area is 171 Å². The van der Waals surface area contributed by atoms with Crippen LogP contribution in [0.25, 0.3) is 0 Å². The van der Waals surface area contributed by atoms with Gasteiger partial charge in [-0.25, -0.2) is 0 Å². The standard InChI is InChI=1S/C23H26N4O2/c1-16(2)23(3,15-24)26-21(28)14-25-19-10-8-18(9-11-19)22(29)27-13-12-17-6-4-5-7-20(17)27/h4-11,16,25H,12-14H2,1-3H3,(H,26,28). The van der Waals surface area contributed by atoms with Crippen LogP contribution < -0.4 is 15.5 Å². The number of hydrogen-bond acceptors (Lipinski definition) is 4. The van der Waals surface area contributed by atoms with Crippen molar-refractivity contribution in [3.05, 3.63) is 59.7 Å². The molecule has 3 rings (SSSR count). The molecule has 1 heterocycles. The van der Waals surface area contributed by atoms with Crippen LogP contribution in [0, 0.1) is 17.2 Å². The van der Waals surface area contributed by atoms with Crippen molar-refractivity contribution in [2.24, 2.45) is 5.92 Å². The second-order valence-corrected chi connectivity index (χ2v) is 7.78. The molecule has 1 aliphatic rings. The molecule has 0 radical (unpaired) electrons. The van der Waals surface area contributed by atoms with Crippen LogP contribution in [0.3, 0.4) is 0 Å². The minimum atomic E-state index is -0.902. The number of nitrogens with one attached hydrogen (secondary N) is 2. The lowest BCUT2D eigenvalue weighted by atomic mass is 9.90. The Morgan fingerprint density at radius 1 is 1.17 bits per heavy atom. The van der Waals surface area contributed by atoms with Gasteiger partial charge in [0.15, 0.2) is 0 Å². The minimum Gasteiger partial charge on any atom is -0.376 e. The summed E-state index contributed by atoms with van der Waals surface area (Å²) in [6, 6.07) is 17.2.